The van der Waals surface area contributed by atoms with Crippen LogP contribution >= 0.6 is 11.3 Å². The van der Waals surface area contributed by atoms with Crippen LogP contribution in [0.2, 0.25) is 0 Å². The van der Waals surface area contributed by atoms with Crippen LogP contribution in [0.5, 0.6) is 0 Å². The number of aromatic nitrogens is 2. The number of amides is 2. The molecule has 4 rings (SSSR count). The van der Waals surface area contributed by atoms with Crippen molar-refractivity contribution in [1.82, 2.24) is 15.1 Å². The van der Waals surface area contributed by atoms with Crippen LogP contribution in [0.15, 0.2) is 72.1 Å². The van der Waals surface area contributed by atoms with Gasteiger partial charge in [0.05, 0.1) is 10.6 Å². The maximum absolute atomic E-state index is 13.4. The molecular weight excluding hydrogens is 439 g/mol. The van der Waals surface area contributed by atoms with Crippen LogP contribution in [-0.4, -0.2) is 40.5 Å². The van der Waals surface area contributed by atoms with Gasteiger partial charge in [-0.1, -0.05) is 24.3 Å². The number of carbonyl (C=O) groups excluding carboxylic acids is 2. The fourth-order valence-electron chi connectivity index (χ4n) is 3.44. The first kappa shape index (κ1) is 22.4. The van der Waals surface area contributed by atoms with Crippen LogP contribution < -0.4 is 5.32 Å². The molecule has 168 valence electrons. The molecule has 6 nitrogen and oxygen atoms in total. The number of anilines is 1. The van der Waals surface area contributed by atoms with Crippen molar-refractivity contribution in [2.24, 2.45) is 0 Å². The van der Waals surface area contributed by atoms with Crippen LogP contribution in [-0.2, 0) is 6.42 Å². The monoisotopic (exact) mass is 462 g/mol. The van der Waals surface area contributed by atoms with Crippen LogP contribution in [0.3, 0.4) is 0 Å². The van der Waals surface area contributed by atoms with Gasteiger partial charge >= 0.3 is 0 Å². The zero-order valence-corrected chi connectivity index (χ0v) is 18.9. The molecule has 0 saturated heterocycles. The first-order valence-electron chi connectivity index (χ1n) is 10.5. The third-order valence-electron chi connectivity index (χ3n) is 5.15. The fourth-order valence-corrected chi connectivity index (χ4v) is 4.06. The van der Waals surface area contributed by atoms with E-state index in [4.69, 9.17) is 0 Å². The molecule has 0 aliphatic carbocycles. The summed E-state index contributed by atoms with van der Waals surface area (Å²) in [6.07, 6.45) is 1.44. The summed E-state index contributed by atoms with van der Waals surface area (Å²) < 4.78 is 13.4. The molecule has 0 spiro atoms. The average molecular weight is 463 g/mol. The lowest BCUT2D eigenvalue weighted by Gasteiger charge is -2.17. The van der Waals surface area contributed by atoms with Gasteiger partial charge in [-0.3, -0.25) is 14.7 Å². The molecule has 0 aliphatic rings. The number of benzene rings is 2. The van der Waals surface area contributed by atoms with Crippen molar-refractivity contribution in [3.63, 3.8) is 0 Å². The molecule has 0 unspecified atom stereocenters. The molecule has 2 heterocycles. The minimum atomic E-state index is -0.299. The van der Waals surface area contributed by atoms with Crippen molar-refractivity contribution in [3.8, 4) is 11.3 Å². The zero-order valence-electron chi connectivity index (χ0n) is 18.0. The van der Waals surface area contributed by atoms with E-state index in [0.29, 0.717) is 34.8 Å². The van der Waals surface area contributed by atoms with Crippen molar-refractivity contribution in [2.75, 3.05) is 18.9 Å². The molecule has 2 aromatic heterocycles. The Kier molecular flexibility index (Phi) is 6.95. The van der Waals surface area contributed by atoms with Crippen molar-refractivity contribution in [2.45, 2.75) is 12.8 Å². The Labute approximate surface area is 195 Å². The Balaban J connectivity index is 1.30. The first-order valence-corrected chi connectivity index (χ1v) is 11.4. The standard InChI is InChI=1S/C25H23FN4O2S/c1-30(12-4-10-21-16-22(29-28-21)17-6-2-8-19(26)14-17)25(32)18-7-3-9-20(15-18)27-24(31)23-11-5-13-33-23/h2-3,5-9,11,13-16H,4,10,12H2,1H3,(H,27,31)(H,28,29). The van der Waals surface area contributed by atoms with E-state index in [1.165, 1.54) is 23.5 Å². The number of hydrogen-bond donors (Lipinski definition) is 2. The van der Waals surface area contributed by atoms with E-state index in [0.717, 1.165) is 17.7 Å². The fraction of sp³-hybridized carbons (Fsp3) is 0.160. The van der Waals surface area contributed by atoms with E-state index in [1.807, 2.05) is 23.6 Å². The highest BCUT2D eigenvalue weighted by Gasteiger charge is 2.14. The highest BCUT2D eigenvalue weighted by Crippen LogP contribution is 2.19. The minimum Gasteiger partial charge on any atom is -0.342 e. The summed E-state index contributed by atoms with van der Waals surface area (Å²) in [5.41, 5.74) is 3.42. The number of halogens is 1. The lowest BCUT2D eigenvalue weighted by Crippen LogP contribution is -2.28. The van der Waals surface area contributed by atoms with Gasteiger partial charge in [-0.15, -0.1) is 11.3 Å². The largest absolute Gasteiger partial charge is 0.342 e. The summed E-state index contributed by atoms with van der Waals surface area (Å²) >= 11 is 1.36. The summed E-state index contributed by atoms with van der Waals surface area (Å²) in [4.78, 5) is 27.4. The Hall–Kier alpha value is -3.78. The zero-order chi connectivity index (χ0) is 23.2. The molecule has 2 amide bonds. The van der Waals surface area contributed by atoms with Gasteiger partial charge in [0.2, 0.25) is 0 Å². The second-order valence-electron chi connectivity index (χ2n) is 7.63. The molecule has 0 fully saturated rings. The van der Waals surface area contributed by atoms with Crippen molar-refractivity contribution in [3.05, 3.63) is 94.1 Å². The van der Waals surface area contributed by atoms with Crippen molar-refractivity contribution >= 4 is 28.8 Å². The quantitative estimate of drug-likeness (QED) is 0.376. The SMILES string of the molecule is CN(CCCc1cc(-c2cccc(F)c2)n[nH]1)C(=O)c1cccc(NC(=O)c2cccs2)c1. The van der Waals surface area contributed by atoms with Gasteiger partial charge in [-0.25, -0.2) is 4.39 Å². The number of thiophene rings is 1. The van der Waals surface area contributed by atoms with Gasteiger partial charge in [0, 0.05) is 36.1 Å². The molecule has 2 aromatic carbocycles. The van der Waals surface area contributed by atoms with Gasteiger partial charge in [-0.2, -0.15) is 5.10 Å². The van der Waals surface area contributed by atoms with E-state index in [1.54, 1.807) is 48.3 Å². The third-order valence-corrected chi connectivity index (χ3v) is 6.02. The second-order valence-corrected chi connectivity index (χ2v) is 8.58. The van der Waals surface area contributed by atoms with Crippen LogP contribution in [0.25, 0.3) is 11.3 Å². The molecule has 33 heavy (non-hydrogen) atoms. The van der Waals surface area contributed by atoms with Gasteiger partial charge < -0.3 is 10.2 Å². The van der Waals surface area contributed by atoms with Crippen molar-refractivity contribution < 1.29 is 14.0 Å². The number of nitrogens with one attached hydrogen (secondary N) is 2. The van der Waals surface area contributed by atoms with Gasteiger partial charge in [0.15, 0.2) is 0 Å². The lowest BCUT2D eigenvalue weighted by molar-refractivity contribution is 0.0793. The predicted molar refractivity (Wildman–Crippen MR) is 128 cm³/mol. The first-order chi connectivity index (χ1) is 16.0. The van der Waals surface area contributed by atoms with Gasteiger partial charge in [0.1, 0.15) is 5.82 Å². The van der Waals surface area contributed by atoms with E-state index >= 15 is 0 Å². The number of carbonyl (C=O) groups is 2. The van der Waals surface area contributed by atoms with E-state index in [2.05, 4.69) is 15.5 Å². The highest BCUT2D eigenvalue weighted by atomic mass is 32.1. The van der Waals surface area contributed by atoms with Gasteiger partial charge in [-0.05, 0) is 60.7 Å². The third kappa shape index (κ3) is 5.72. The normalized spacial score (nSPS) is 10.7. The molecule has 2 N–H and O–H groups in total. The number of aromatic amines is 1. The number of nitrogens with zero attached hydrogens (tertiary/aromatic N) is 2. The summed E-state index contributed by atoms with van der Waals surface area (Å²) in [6, 6.07) is 18.7. The van der Waals surface area contributed by atoms with Crippen LogP contribution in [0.1, 0.15) is 32.1 Å². The predicted octanol–water partition coefficient (Wildman–Crippen LogP) is 5.23. The maximum Gasteiger partial charge on any atom is 0.265 e. The van der Waals surface area contributed by atoms with E-state index < -0.39 is 0 Å². The Morgan fingerprint density at radius 2 is 1.94 bits per heavy atom. The van der Waals surface area contributed by atoms with E-state index in [-0.39, 0.29) is 17.6 Å². The molecule has 0 bridgehead atoms. The topological polar surface area (TPSA) is 78.1 Å². The molecule has 8 heteroatoms. The number of H-pyrrole nitrogens is 1. The number of rotatable bonds is 8. The van der Waals surface area contributed by atoms with Crippen LogP contribution in [0, 0.1) is 5.82 Å². The molecule has 0 atom stereocenters. The van der Waals surface area contributed by atoms with Crippen LogP contribution in [0.4, 0.5) is 10.1 Å². The van der Waals surface area contributed by atoms with Gasteiger partial charge in [0.25, 0.3) is 11.8 Å². The molecule has 0 saturated carbocycles. The Morgan fingerprint density at radius 1 is 1.09 bits per heavy atom. The average Bonchev–Trinajstić information content (AvgIpc) is 3.51. The Bertz CT molecular complexity index is 1250. The lowest BCUT2D eigenvalue weighted by atomic mass is 10.1. The minimum absolute atomic E-state index is 0.118. The number of aryl methyl sites for hydroxylation is 1. The maximum atomic E-state index is 13.4. The summed E-state index contributed by atoms with van der Waals surface area (Å²) in [6.45, 7) is 0.554. The number of hydrogen-bond acceptors (Lipinski definition) is 4. The molecule has 0 radical (unpaired) electrons. The summed E-state index contributed by atoms with van der Waals surface area (Å²) in [5.74, 6) is -0.611. The second kappa shape index (κ2) is 10.2. The smallest absolute Gasteiger partial charge is 0.265 e. The Morgan fingerprint density at radius 3 is 2.73 bits per heavy atom. The molecular formula is C25H23FN4O2S. The summed E-state index contributed by atoms with van der Waals surface area (Å²) in [7, 11) is 1.75. The molecule has 4 aromatic rings. The van der Waals surface area contributed by atoms with E-state index in [9.17, 15) is 14.0 Å². The van der Waals surface area contributed by atoms with Crippen molar-refractivity contribution in [1.29, 1.82) is 0 Å². The molecule has 0 aliphatic heterocycles. The highest BCUT2D eigenvalue weighted by molar-refractivity contribution is 7.12. The summed E-state index contributed by atoms with van der Waals surface area (Å²) in [5, 5.41) is 11.9.